The van der Waals surface area contributed by atoms with Gasteiger partial charge in [0.2, 0.25) is 5.91 Å². The molecule has 1 heterocycles. The van der Waals surface area contributed by atoms with Crippen LogP contribution < -0.4 is 20.0 Å². The Balaban J connectivity index is 2.68. The number of aromatic nitrogens is 2. The maximum Gasteiger partial charge on any atom is 0.255 e. The van der Waals surface area contributed by atoms with Crippen LogP contribution in [0.3, 0.4) is 0 Å². The molecule has 0 bridgehead atoms. The van der Waals surface area contributed by atoms with Crippen molar-refractivity contribution in [2.45, 2.75) is 53.5 Å². The molecule has 0 saturated heterocycles. The lowest BCUT2D eigenvalue weighted by Crippen LogP contribution is -2.22. The van der Waals surface area contributed by atoms with Gasteiger partial charge in [0.15, 0.2) is 5.82 Å². The summed E-state index contributed by atoms with van der Waals surface area (Å²) in [7, 11) is 4.05. The molecule has 0 aliphatic heterocycles. The molecule has 2 rings (SSSR count). The fourth-order valence-corrected chi connectivity index (χ4v) is 3.61. The van der Waals surface area contributed by atoms with E-state index in [4.69, 9.17) is 11.3 Å². The van der Waals surface area contributed by atoms with Gasteiger partial charge in [-0.25, -0.2) is 4.85 Å². The van der Waals surface area contributed by atoms with Crippen LogP contribution in [0.4, 0.5) is 28.6 Å². The van der Waals surface area contributed by atoms with E-state index >= 15 is 0 Å². The first kappa shape index (κ1) is 27.2. The van der Waals surface area contributed by atoms with Gasteiger partial charge in [-0.3, -0.25) is 14.6 Å². The highest BCUT2D eigenvalue weighted by Gasteiger charge is 2.27. The van der Waals surface area contributed by atoms with Crippen LogP contribution in [0.5, 0.6) is 5.75 Å². The predicted molar refractivity (Wildman–Crippen MR) is 140 cm³/mol. The van der Waals surface area contributed by atoms with Gasteiger partial charge in [-0.2, -0.15) is 5.10 Å². The van der Waals surface area contributed by atoms with E-state index < -0.39 is 0 Å². The second kappa shape index (κ2) is 11.9. The third kappa shape index (κ3) is 6.31. The van der Waals surface area contributed by atoms with Gasteiger partial charge in [0.1, 0.15) is 11.4 Å². The van der Waals surface area contributed by atoms with Crippen LogP contribution in [-0.4, -0.2) is 42.4 Å². The number of anilines is 2. The van der Waals surface area contributed by atoms with E-state index in [9.17, 15) is 4.79 Å². The highest BCUT2D eigenvalue weighted by atomic mass is 31.0. The first-order valence-electron chi connectivity index (χ1n) is 11.2. The van der Waals surface area contributed by atoms with Crippen molar-refractivity contribution in [3.8, 4) is 5.75 Å². The number of ether oxygens (including phenoxy) is 1. The fourth-order valence-electron chi connectivity index (χ4n) is 3.48. The largest absolute Gasteiger partial charge is 0.494 e. The highest BCUT2D eigenvalue weighted by molar-refractivity contribution is 7.13. The van der Waals surface area contributed by atoms with E-state index in [1.165, 1.54) is 6.92 Å². The van der Waals surface area contributed by atoms with Gasteiger partial charge in [-0.05, 0) is 25.3 Å². The molecule has 2 N–H and O–H groups in total. The Morgan fingerprint density at radius 2 is 1.97 bits per heavy atom. The van der Waals surface area contributed by atoms with Crippen molar-refractivity contribution in [1.29, 1.82) is 0 Å². The third-order valence-corrected chi connectivity index (χ3v) is 5.44. The molecule has 1 aromatic heterocycles. The molecule has 0 aliphatic rings. The molecular formula is C23H35N8O2P. The molecule has 0 fully saturated rings. The van der Waals surface area contributed by atoms with E-state index in [-0.39, 0.29) is 11.3 Å². The number of amides is 1. The van der Waals surface area contributed by atoms with Gasteiger partial charge in [-0.1, -0.05) is 30.2 Å². The smallest absolute Gasteiger partial charge is 0.255 e. The van der Waals surface area contributed by atoms with Gasteiger partial charge < -0.3 is 15.0 Å². The van der Waals surface area contributed by atoms with E-state index in [2.05, 4.69) is 58.7 Å². The van der Waals surface area contributed by atoms with Crippen LogP contribution >= 0.6 is 9.39 Å². The van der Waals surface area contributed by atoms with Crippen molar-refractivity contribution >= 4 is 43.9 Å². The van der Waals surface area contributed by atoms with E-state index in [1.54, 1.807) is 17.9 Å². The molecule has 2 aromatic rings. The normalized spacial score (nSPS) is 11.5. The quantitative estimate of drug-likeness (QED) is 0.268. The van der Waals surface area contributed by atoms with Crippen molar-refractivity contribution in [2.24, 2.45) is 10.2 Å². The lowest BCUT2D eigenvalue weighted by molar-refractivity contribution is -0.114. The molecule has 1 aromatic carbocycles. The standard InChI is InChI=1S/C23H35N8O2P/c1-9-30(10-2)18-13-16(26-15(3)32)17(14-19(18)33-8)27-28-22-20(24-7)21(23(4,5)6)29-31(22)12-11-25-34/h13-14,25H,9-12,34H2,1-6,8H3,(H,26,32). The highest BCUT2D eigenvalue weighted by Crippen LogP contribution is 2.42. The van der Waals surface area contributed by atoms with Crippen molar-refractivity contribution < 1.29 is 9.53 Å². The Labute approximate surface area is 204 Å². The van der Waals surface area contributed by atoms with Crippen LogP contribution in [0, 0.1) is 6.57 Å². The van der Waals surface area contributed by atoms with Crippen LogP contribution in [0.1, 0.15) is 47.2 Å². The molecule has 184 valence electrons. The molecule has 0 saturated carbocycles. The Bertz CT molecular complexity index is 1080. The molecular weight excluding hydrogens is 451 g/mol. The first-order chi connectivity index (χ1) is 16.1. The molecule has 1 amide bonds. The molecule has 34 heavy (non-hydrogen) atoms. The number of benzene rings is 1. The summed E-state index contributed by atoms with van der Waals surface area (Å²) in [6.07, 6.45) is 0. The van der Waals surface area contributed by atoms with Crippen molar-refractivity contribution in [1.82, 2.24) is 14.9 Å². The number of nitrogens with zero attached hydrogens (tertiary/aromatic N) is 6. The minimum Gasteiger partial charge on any atom is -0.494 e. The molecule has 0 aliphatic carbocycles. The van der Waals surface area contributed by atoms with Crippen molar-refractivity contribution in [3.63, 3.8) is 0 Å². The van der Waals surface area contributed by atoms with E-state index in [1.807, 2.05) is 26.8 Å². The van der Waals surface area contributed by atoms with Crippen LogP contribution in [0.25, 0.3) is 4.85 Å². The summed E-state index contributed by atoms with van der Waals surface area (Å²) >= 11 is 0. The summed E-state index contributed by atoms with van der Waals surface area (Å²) < 4.78 is 7.31. The summed E-state index contributed by atoms with van der Waals surface area (Å²) in [5.74, 6) is 0.773. The van der Waals surface area contributed by atoms with Crippen LogP contribution in [-0.2, 0) is 16.8 Å². The Hall–Kier alpha value is -3.02. The summed E-state index contributed by atoms with van der Waals surface area (Å²) in [5.41, 5.74) is 2.48. The van der Waals surface area contributed by atoms with Gasteiger partial charge in [0, 0.05) is 32.6 Å². The molecule has 1 unspecified atom stereocenters. The SMILES string of the molecule is [C-]#[N+]c1c(C(C)(C)C)nn(CCNP)c1N=Nc1cc(OC)c(N(CC)CC)cc1NC(C)=O. The average molecular weight is 487 g/mol. The number of carbonyl (C=O) groups is 1. The maximum absolute atomic E-state index is 11.9. The van der Waals surface area contributed by atoms with Gasteiger partial charge >= 0.3 is 0 Å². The van der Waals surface area contributed by atoms with Gasteiger partial charge in [0.25, 0.3) is 5.69 Å². The first-order valence-corrected chi connectivity index (χ1v) is 11.8. The topological polar surface area (TPSA) is 100 Å². The summed E-state index contributed by atoms with van der Waals surface area (Å²) in [6.45, 7) is 22.0. The summed E-state index contributed by atoms with van der Waals surface area (Å²) in [6, 6.07) is 3.59. The zero-order valence-corrected chi connectivity index (χ0v) is 22.2. The Morgan fingerprint density at radius 3 is 2.47 bits per heavy atom. The Kier molecular flexibility index (Phi) is 9.54. The predicted octanol–water partition coefficient (Wildman–Crippen LogP) is 5.34. The number of hydrogen-bond acceptors (Lipinski definition) is 7. The second-order valence-corrected chi connectivity index (χ2v) is 9.06. The fraction of sp³-hybridized carbons (Fsp3) is 0.522. The molecule has 11 heteroatoms. The molecule has 0 radical (unpaired) electrons. The third-order valence-electron chi connectivity index (χ3n) is 5.16. The van der Waals surface area contributed by atoms with Crippen molar-refractivity contribution in [3.05, 3.63) is 29.2 Å². The molecule has 1 atom stereocenters. The minimum atomic E-state index is -0.334. The zero-order valence-electron chi connectivity index (χ0n) is 21.1. The number of azo groups is 1. The second-order valence-electron chi connectivity index (χ2n) is 8.65. The Morgan fingerprint density at radius 1 is 1.29 bits per heavy atom. The van der Waals surface area contributed by atoms with Crippen LogP contribution in [0.2, 0.25) is 0 Å². The summed E-state index contributed by atoms with van der Waals surface area (Å²) in [5, 5.41) is 19.4. The van der Waals surface area contributed by atoms with Crippen molar-refractivity contribution in [2.75, 3.05) is 37.0 Å². The lowest BCUT2D eigenvalue weighted by Gasteiger charge is -2.24. The lowest BCUT2D eigenvalue weighted by atomic mass is 9.91. The number of rotatable bonds is 10. The number of nitrogens with one attached hydrogen (secondary N) is 2. The monoisotopic (exact) mass is 486 g/mol. The van der Waals surface area contributed by atoms with E-state index in [0.29, 0.717) is 47.4 Å². The minimum absolute atomic E-state index is 0.222. The number of carbonyl (C=O) groups excluding carboxylic acids is 1. The average Bonchev–Trinajstić information content (AvgIpc) is 3.15. The number of hydrogen-bond donors (Lipinski definition) is 2. The summed E-state index contributed by atoms with van der Waals surface area (Å²) in [4.78, 5) is 17.8. The molecule has 10 nitrogen and oxygen atoms in total. The van der Waals surface area contributed by atoms with Crippen LogP contribution in [0.15, 0.2) is 22.4 Å². The van der Waals surface area contributed by atoms with Gasteiger partial charge in [-0.15, -0.1) is 10.2 Å². The molecule has 0 spiro atoms. The van der Waals surface area contributed by atoms with E-state index in [0.717, 1.165) is 18.8 Å². The number of methoxy groups -OCH3 is 1. The zero-order chi connectivity index (χ0) is 25.5. The maximum atomic E-state index is 11.9. The van der Waals surface area contributed by atoms with Gasteiger partial charge in [0.05, 0.1) is 37.3 Å².